The van der Waals surface area contributed by atoms with Crippen LogP contribution in [0.15, 0.2) is 16.6 Å². The Bertz CT molecular complexity index is 1160. The maximum Gasteiger partial charge on any atom is 0.341 e. The standard InChI is InChI=1S/C24H30N4O3S3/c1-4-8-16-12-15(13-32-16)21-26-27-24(28(21)11-5-2)33-14-19(29)25-22-20(23(30)31-6-3)17-9-7-10-18(17)34-22/h12-13H,4-11,14H2,1-3H3,(H,25,29). The number of carbonyl (C=O) groups is 2. The SMILES string of the molecule is CCCc1cc(-c2nnc(SCC(=O)Nc3sc4c(c3C(=O)OCC)CCC4)n2CCC)cs1. The van der Waals surface area contributed by atoms with E-state index in [1.165, 1.54) is 32.9 Å². The Morgan fingerprint density at radius 2 is 2.06 bits per heavy atom. The van der Waals surface area contributed by atoms with Gasteiger partial charge in [0.15, 0.2) is 11.0 Å². The summed E-state index contributed by atoms with van der Waals surface area (Å²) in [4.78, 5) is 27.9. The van der Waals surface area contributed by atoms with Crippen molar-refractivity contribution >= 4 is 51.3 Å². The number of aromatic nitrogens is 3. The van der Waals surface area contributed by atoms with Crippen LogP contribution in [0.3, 0.4) is 0 Å². The van der Waals surface area contributed by atoms with Crippen LogP contribution in [-0.2, 0) is 35.3 Å². The third kappa shape index (κ3) is 5.39. The second-order valence-electron chi connectivity index (χ2n) is 8.13. The van der Waals surface area contributed by atoms with Crippen LogP contribution in [-0.4, -0.2) is 39.0 Å². The van der Waals surface area contributed by atoms with Crippen molar-refractivity contribution in [2.75, 3.05) is 17.7 Å². The number of hydrogen-bond acceptors (Lipinski definition) is 8. The summed E-state index contributed by atoms with van der Waals surface area (Å²) in [5.74, 6) is 0.527. The zero-order valence-electron chi connectivity index (χ0n) is 19.8. The van der Waals surface area contributed by atoms with Gasteiger partial charge in [0.1, 0.15) is 5.00 Å². The molecule has 0 bridgehead atoms. The van der Waals surface area contributed by atoms with Crippen molar-refractivity contribution in [3.05, 3.63) is 32.3 Å². The molecule has 0 saturated heterocycles. The molecule has 3 aromatic rings. The third-order valence-electron chi connectivity index (χ3n) is 5.56. The maximum absolute atomic E-state index is 12.8. The zero-order chi connectivity index (χ0) is 24.1. The van der Waals surface area contributed by atoms with Crippen molar-refractivity contribution in [3.8, 4) is 11.4 Å². The number of fused-ring (bicyclic) bond motifs is 1. The van der Waals surface area contributed by atoms with Crippen LogP contribution in [0.2, 0.25) is 0 Å². The van der Waals surface area contributed by atoms with E-state index in [1.54, 1.807) is 18.3 Å². The van der Waals surface area contributed by atoms with Gasteiger partial charge in [-0.05, 0) is 50.7 Å². The second kappa shape index (κ2) is 11.5. The zero-order valence-corrected chi connectivity index (χ0v) is 22.3. The lowest BCUT2D eigenvalue weighted by Gasteiger charge is -2.09. The molecular weight excluding hydrogens is 488 g/mol. The van der Waals surface area contributed by atoms with Crippen LogP contribution >= 0.6 is 34.4 Å². The molecule has 1 aliphatic rings. The van der Waals surface area contributed by atoms with Crippen LogP contribution in [0.4, 0.5) is 5.00 Å². The number of nitrogens with one attached hydrogen (secondary N) is 1. The molecular formula is C24H30N4O3S3. The number of rotatable bonds is 11. The molecule has 0 radical (unpaired) electrons. The minimum absolute atomic E-state index is 0.163. The monoisotopic (exact) mass is 518 g/mol. The average Bonchev–Trinajstić information content (AvgIpc) is 3.57. The number of carbonyl (C=O) groups excluding carboxylic acids is 2. The van der Waals surface area contributed by atoms with E-state index in [0.29, 0.717) is 17.2 Å². The first-order valence-corrected chi connectivity index (χ1v) is 14.5. The molecule has 1 N–H and O–H groups in total. The predicted molar refractivity (Wildman–Crippen MR) is 139 cm³/mol. The fraction of sp³-hybridized carbons (Fsp3) is 0.500. The first-order valence-electron chi connectivity index (χ1n) is 11.8. The summed E-state index contributed by atoms with van der Waals surface area (Å²) in [7, 11) is 0. The van der Waals surface area contributed by atoms with E-state index in [2.05, 4.69) is 45.4 Å². The van der Waals surface area contributed by atoms with E-state index >= 15 is 0 Å². The number of anilines is 1. The van der Waals surface area contributed by atoms with E-state index in [-0.39, 0.29) is 17.6 Å². The number of ether oxygens (including phenoxy) is 1. The molecule has 3 heterocycles. The maximum atomic E-state index is 12.8. The van der Waals surface area contributed by atoms with E-state index < -0.39 is 0 Å². The molecule has 3 aromatic heterocycles. The lowest BCUT2D eigenvalue weighted by atomic mass is 10.1. The Balaban J connectivity index is 1.46. The lowest BCUT2D eigenvalue weighted by Crippen LogP contribution is -2.17. The van der Waals surface area contributed by atoms with Crippen molar-refractivity contribution < 1.29 is 14.3 Å². The minimum Gasteiger partial charge on any atom is -0.462 e. The summed E-state index contributed by atoms with van der Waals surface area (Å²) < 4.78 is 7.35. The number of thiophene rings is 2. The number of hydrogen-bond donors (Lipinski definition) is 1. The fourth-order valence-electron chi connectivity index (χ4n) is 4.11. The summed E-state index contributed by atoms with van der Waals surface area (Å²) in [6, 6.07) is 2.19. The van der Waals surface area contributed by atoms with E-state index in [9.17, 15) is 9.59 Å². The number of esters is 1. The van der Waals surface area contributed by atoms with Crippen molar-refractivity contribution in [3.63, 3.8) is 0 Å². The Labute approximate surface area is 212 Å². The van der Waals surface area contributed by atoms with Crippen molar-refractivity contribution in [2.45, 2.75) is 71.0 Å². The molecule has 0 atom stereocenters. The van der Waals surface area contributed by atoms with Gasteiger partial charge in [0.05, 0.1) is 17.9 Å². The number of nitrogens with zero attached hydrogens (tertiary/aromatic N) is 3. The van der Waals surface area contributed by atoms with Gasteiger partial charge in [0.25, 0.3) is 0 Å². The van der Waals surface area contributed by atoms with Gasteiger partial charge in [-0.1, -0.05) is 32.0 Å². The van der Waals surface area contributed by atoms with Crippen LogP contribution in [0.25, 0.3) is 11.4 Å². The van der Waals surface area contributed by atoms with Crippen LogP contribution in [0, 0.1) is 0 Å². The molecule has 10 heteroatoms. The Morgan fingerprint density at radius 3 is 2.82 bits per heavy atom. The smallest absolute Gasteiger partial charge is 0.341 e. The topological polar surface area (TPSA) is 86.1 Å². The van der Waals surface area contributed by atoms with Gasteiger partial charge in [-0.25, -0.2) is 4.79 Å². The summed E-state index contributed by atoms with van der Waals surface area (Å²) in [6.45, 7) is 7.19. The first kappa shape index (κ1) is 24.9. The van der Waals surface area contributed by atoms with Crippen LogP contribution in [0.1, 0.15) is 65.7 Å². The fourth-order valence-corrected chi connectivity index (χ4v) is 7.14. The van der Waals surface area contributed by atoms with E-state index in [4.69, 9.17) is 4.74 Å². The third-order valence-corrected chi connectivity index (χ3v) is 8.73. The summed E-state index contributed by atoms with van der Waals surface area (Å²) in [5, 5.41) is 15.3. The first-order chi connectivity index (χ1) is 16.5. The molecule has 1 amide bonds. The number of thioether (sulfide) groups is 1. The average molecular weight is 519 g/mol. The summed E-state index contributed by atoms with van der Waals surface area (Å²) >= 11 is 4.62. The highest BCUT2D eigenvalue weighted by molar-refractivity contribution is 7.99. The Morgan fingerprint density at radius 1 is 1.21 bits per heavy atom. The number of aryl methyl sites for hydroxylation is 2. The van der Waals surface area contributed by atoms with Gasteiger partial charge in [-0.2, -0.15) is 0 Å². The Kier molecular flexibility index (Phi) is 8.44. The summed E-state index contributed by atoms with van der Waals surface area (Å²) in [6.07, 6.45) is 5.97. The van der Waals surface area contributed by atoms with Crippen LogP contribution < -0.4 is 5.32 Å². The largest absolute Gasteiger partial charge is 0.462 e. The molecule has 182 valence electrons. The molecule has 7 nitrogen and oxygen atoms in total. The minimum atomic E-state index is -0.351. The molecule has 0 unspecified atom stereocenters. The van der Waals surface area contributed by atoms with Gasteiger partial charge in [0, 0.05) is 27.2 Å². The molecule has 1 aliphatic carbocycles. The highest BCUT2D eigenvalue weighted by Gasteiger charge is 2.28. The predicted octanol–water partition coefficient (Wildman–Crippen LogP) is 5.83. The highest BCUT2D eigenvalue weighted by atomic mass is 32.2. The van der Waals surface area contributed by atoms with Crippen molar-refractivity contribution in [1.29, 1.82) is 0 Å². The molecule has 0 fully saturated rings. The van der Waals surface area contributed by atoms with Gasteiger partial charge < -0.3 is 14.6 Å². The molecule has 34 heavy (non-hydrogen) atoms. The second-order valence-corrected chi connectivity index (χ2v) is 11.2. The van der Waals surface area contributed by atoms with Gasteiger partial charge >= 0.3 is 5.97 Å². The van der Waals surface area contributed by atoms with Gasteiger partial charge in [0.2, 0.25) is 5.91 Å². The van der Waals surface area contributed by atoms with Gasteiger partial charge in [-0.3, -0.25) is 4.79 Å². The highest BCUT2D eigenvalue weighted by Crippen LogP contribution is 2.39. The van der Waals surface area contributed by atoms with E-state index in [0.717, 1.165) is 67.2 Å². The van der Waals surface area contributed by atoms with Gasteiger partial charge in [-0.15, -0.1) is 32.9 Å². The van der Waals surface area contributed by atoms with E-state index in [1.807, 2.05) is 0 Å². The number of amides is 1. The Hall–Kier alpha value is -2.17. The van der Waals surface area contributed by atoms with Crippen LogP contribution in [0.5, 0.6) is 0 Å². The lowest BCUT2D eigenvalue weighted by molar-refractivity contribution is -0.113. The summed E-state index contributed by atoms with van der Waals surface area (Å²) in [5.41, 5.74) is 2.66. The quantitative estimate of drug-likeness (QED) is 0.254. The van der Waals surface area contributed by atoms with Crippen molar-refractivity contribution in [2.24, 2.45) is 0 Å². The molecule has 0 saturated carbocycles. The molecule has 0 aromatic carbocycles. The normalized spacial score (nSPS) is 12.7. The van der Waals surface area contributed by atoms with Crippen molar-refractivity contribution in [1.82, 2.24) is 14.8 Å². The molecule has 4 rings (SSSR count). The molecule has 0 spiro atoms. The molecule has 0 aliphatic heterocycles.